The van der Waals surface area contributed by atoms with Crippen LogP contribution < -0.4 is 0 Å². The molecule has 0 aromatic heterocycles. The molecule has 0 atom stereocenters. The van der Waals surface area contributed by atoms with E-state index in [2.05, 4.69) is 15.9 Å². The van der Waals surface area contributed by atoms with Crippen LogP contribution >= 0.6 is 15.9 Å². The minimum absolute atomic E-state index is 0.421. The van der Waals surface area contributed by atoms with E-state index in [1.54, 1.807) is 0 Å². The molecule has 1 aromatic carbocycles. The summed E-state index contributed by atoms with van der Waals surface area (Å²) in [6, 6.07) is -3.54. The van der Waals surface area contributed by atoms with Crippen LogP contribution in [0, 0.1) is 0 Å². The van der Waals surface area contributed by atoms with Crippen LogP contribution in [-0.2, 0) is 6.18 Å². The topological polar surface area (TPSA) is 0 Å². The largest absolute Gasteiger partial charge is 0.416 e. The van der Waals surface area contributed by atoms with E-state index in [-0.39, 0.29) is 0 Å². The number of benzene rings is 1. The van der Waals surface area contributed by atoms with E-state index in [4.69, 9.17) is 5.48 Å². The van der Waals surface area contributed by atoms with E-state index in [9.17, 15) is 13.2 Å². The van der Waals surface area contributed by atoms with Gasteiger partial charge in [-0.2, -0.15) is 13.2 Å². The lowest BCUT2D eigenvalue weighted by Gasteiger charge is -2.05. The van der Waals surface area contributed by atoms with E-state index in [1.165, 1.54) is 0 Å². The molecule has 1 aromatic rings. The first-order valence-electron chi connectivity index (χ1n) is 4.51. The molecule has 0 aliphatic rings. The molecular formula is C7H4BrF3. The van der Waals surface area contributed by atoms with Crippen molar-refractivity contribution in [3.05, 3.63) is 34.2 Å². The molecule has 0 heterocycles. The van der Waals surface area contributed by atoms with Gasteiger partial charge in [-0.1, -0.05) is 22.0 Å². The van der Waals surface area contributed by atoms with Crippen LogP contribution in [0.25, 0.3) is 0 Å². The van der Waals surface area contributed by atoms with Crippen LogP contribution in [0.4, 0.5) is 13.2 Å². The molecule has 4 heteroatoms. The monoisotopic (exact) mass is 228 g/mol. The van der Waals surface area contributed by atoms with Gasteiger partial charge in [0.1, 0.15) is 0 Å². The van der Waals surface area contributed by atoms with Gasteiger partial charge in [-0.3, -0.25) is 0 Å². The van der Waals surface area contributed by atoms with Gasteiger partial charge in [-0.05, 0) is 18.1 Å². The third-order valence-electron chi connectivity index (χ3n) is 0.878. The van der Waals surface area contributed by atoms with Crippen molar-refractivity contribution in [3.63, 3.8) is 0 Å². The Hall–Kier alpha value is -0.510. The van der Waals surface area contributed by atoms with Crippen molar-refractivity contribution in [2.75, 3.05) is 0 Å². The molecule has 0 radical (unpaired) electrons. The molecule has 0 saturated carbocycles. The second kappa shape index (κ2) is 2.85. The van der Waals surface area contributed by atoms with Crippen molar-refractivity contribution in [1.29, 1.82) is 0 Å². The molecule has 0 aliphatic carbocycles. The minimum Gasteiger partial charge on any atom is -0.166 e. The molecule has 60 valence electrons. The Bertz CT molecular complexity index is 387. The molecule has 1 rings (SSSR count). The molecule has 0 nitrogen and oxygen atoms in total. The summed E-state index contributed by atoms with van der Waals surface area (Å²) in [5, 5.41) is 0. The summed E-state index contributed by atoms with van der Waals surface area (Å²) in [5.41, 5.74) is -1.49. The Kier molecular flexibility index (Phi) is 1.17. The highest BCUT2D eigenvalue weighted by Gasteiger charge is 2.30. The standard InChI is InChI=1S/C7H4BrF3/c8-6-3-1-2-5(4-6)7(9,10)11/h1-4H/i1D,2D,3D,4D. The predicted octanol–water partition coefficient (Wildman–Crippen LogP) is 3.47. The highest BCUT2D eigenvalue weighted by molar-refractivity contribution is 9.10. The van der Waals surface area contributed by atoms with Crippen LogP contribution in [0.15, 0.2) is 28.6 Å². The molecular weight excluding hydrogens is 221 g/mol. The zero-order valence-corrected chi connectivity index (χ0v) is 6.60. The highest BCUT2D eigenvalue weighted by atomic mass is 79.9. The van der Waals surface area contributed by atoms with E-state index in [0.29, 0.717) is 0 Å². The fourth-order valence-corrected chi connectivity index (χ4v) is 0.760. The second-order valence-electron chi connectivity index (χ2n) is 1.69. The summed E-state index contributed by atoms with van der Waals surface area (Å²) < 4.78 is 65.3. The fourth-order valence-electron chi connectivity index (χ4n) is 0.463. The van der Waals surface area contributed by atoms with Gasteiger partial charge in [0.05, 0.1) is 11.0 Å². The molecule has 0 aliphatic heterocycles. The zero-order valence-electron chi connectivity index (χ0n) is 9.01. The van der Waals surface area contributed by atoms with Gasteiger partial charge in [0.15, 0.2) is 0 Å². The maximum atomic E-state index is 12.4. The van der Waals surface area contributed by atoms with Crippen molar-refractivity contribution in [1.82, 2.24) is 0 Å². The lowest BCUT2D eigenvalue weighted by Crippen LogP contribution is -2.03. The first-order chi connectivity index (χ1) is 6.68. The minimum atomic E-state index is -4.86. The highest BCUT2D eigenvalue weighted by Crippen LogP contribution is 2.30. The van der Waals surface area contributed by atoms with E-state index < -0.39 is 40.4 Å². The summed E-state index contributed by atoms with van der Waals surface area (Å²) in [6.45, 7) is 0. The third kappa shape index (κ3) is 2.22. The predicted molar refractivity (Wildman–Crippen MR) is 39.1 cm³/mol. The van der Waals surface area contributed by atoms with Gasteiger partial charge in [0.25, 0.3) is 0 Å². The average molecular weight is 229 g/mol. The molecule has 0 fully saturated rings. The number of alkyl halides is 3. The molecule has 0 bridgehead atoms. The zero-order chi connectivity index (χ0) is 12.0. The van der Waals surface area contributed by atoms with Gasteiger partial charge in [0, 0.05) is 4.47 Å². The fraction of sp³-hybridized carbons (Fsp3) is 0.143. The van der Waals surface area contributed by atoms with Gasteiger partial charge >= 0.3 is 6.18 Å². The van der Waals surface area contributed by atoms with Crippen LogP contribution in [0.3, 0.4) is 0 Å². The smallest absolute Gasteiger partial charge is 0.166 e. The number of hydrogen-bond acceptors (Lipinski definition) is 0. The summed E-state index contributed by atoms with van der Waals surface area (Å²) >= 11 is 2.63. The maximum Gasteiger partial charge on any atom is 0.416 e. The molecule has 11 heavy (non-hydrogen) atoms. The Morgan fingerprint density at radius 2 is 2.00 bits per heavy atom. The summed E-state index contributed by atoms with van der Waals surface area (Å²) in [7, 11) is 0. The Labute approximate surface area is 75.8 Å². The average Bonchev–Trinajstić information content (AvgIpc) is 2.09. The van der Waals surface area contributed by atoms with Crippen molar-refractivity contribution < 1.29 is 18.7 Å². The lowest BCUT2D eigenvalue weighted by atomic mass is 10.2. The number of hydrogen-bond donors (Lipinski definition) is 0. The summed E-state index contributed by atoms with van der Waals surface area (Å²) in [4.78, 5) is 0. The van der Waals surface area contributed by atoms with Gasteiger partial charge in [0.2, 0.25) is 0 Å². The quantitative estimate of drug-likeness (QED) is 0.638. The molecule has 0 N–H and O–H groups in total. The molecule has 0 spiro atoms. The Morgan fingerprint density at radius 1 is 1.36 bits per heavy atom. The van der Waals surface area contributed by atoms with Crippen molar-refractivity contribution in [2.24, 2.45) is 0 Å². The van der Waals surface area contributed by atoms with E-state index in [1.807, 2.05) is 0 Å². The second-order valence-corrected chi connectivity index (χ2v) is 2.48. The molecule has 0 amide bonds. The number of rotatable bonds is 0. The Morgan fingerprint density at radius 3 is 2.55 bits per heavy atom. The first kappa shape index (κ1) is 4.50. The van der Waals surface area contributed by atoms with E-state index in [0.717, 1.165) is 0 Å². The molecule has 0 saturated heterocycles. The number of halogens is 4. The van der Waals surface area contributed by atoms with Crippen LogP contribution in [-0.4, -0.2) is 0 Å². The normalized spacial score (nSPS) is 16.7. The third-order valence-corrected chi connectivity index (χ3v) is 1.27. The van der Waals surface area contributed by atoms with Gasteiger partial charge in [-0.15, -0.1) is 0 Å². The first-order valence-corrected chi connectivity index (χ1v) is 3.30. The van der Waals surface area contributed by atoms with Gasteiger partial charge < -0.3 is 0 Å². The van der Waals surface area contributed by atoms with Crippen molar-refractivity contribution in [3.8, 4) is 0 Å². The van der Waals surface area contributed by atoms with Crippen molar-refractivity contribution in [2.45, 2.75) is 6.18 Å². The summed E-state index contributed by atoms with van der Waals surface area (Å²) in [6.07, 6.45) is -4.86. The summed E-state index contributed by atoms with van der Waals surface area (Å²) in [5.74, 6) is 0. The lowest BCUT2D eigenvalue weighted by molar-refractivity contribution is -0.137. The van der Waals surface area contributed by atoms with Crippen LogP contribution in [0.2, 0.25) is 0 Å². The molecule has 0 unspecified atom stereocenters. The maximum absolute atomic E-state index is 12.4. The van der Waals surface area contributed by atoms with Crippen LogP contribution in [0.5, 0.6) is 0 Å². The van der Waals surface area contributed by atoms with E-state index >= 15 is 0 Å². The van der Waals surface area contributed by atoms with Crippen molar-refractivity contribution >= 4 is 15.9 Å². The van der Waals surface area contributed by atoms with Crippen LogP contribution in [0.1, 0.15) is 11.0 Å². The Balaban J connectivity index is 3.68. The SMILES string of the molecule is [2H]c1c([2H])c(Br)c([2H])c(C(F)(F)F)c1[2H]. The van der Waals surface area contributed by atoms with Gasteiger partial charge in [-0.25, -0.2) is 0 Å².